The van der Waals surface area contributed by atoms with E-state index in [-0.39, 0.29) is 18.1 Å². The molecule has 18 heavy (non-hydrogen) atoms. The maximum atomic E-state index is 12.0. The van der Waals surface area contributed by atoms with Crippen molar-refractivity contribution < 1.29 is 9.53 Å². The Morgan fingerprint density at radius 3 is 2.78 bits per heavy atom. The van der Waals surface area contributed by atoms with Crippen LogP contribution in [0, 0.1) is 5.92 Å². The first-order valence-corrected chi connectivity index (χ1v) is 7.26. The molecule has 2 rings (SSSR count). The zero-order valence-corrected chi connectivity index (χ0v) is 11.4. The van der Waals surface area contributed by atoms with Crippen LogP contribution in [-0.2, 0) is 9.53 Å². The van der Waals surface area contributed by atoms with Gasteiger partial charge in [-0.25, -0.2) is 0 Å². The molecule has 2 aliphatic carbocycles. The first-order valence-electron chi connectivity index (χ1n) is 7.26. The number of rotatable bonds is 4. The first-order chi connectivity index (χ1) is 8.69. The molecule has 0 heterocycles. The predicted molar refractivity (Wildman–Crippen MR) is 71.1 cm³/mol. The summed E-state index contributed by atoms with van der Waals surface area (Å²) in [7, 11) is 1.73. The number of carbonyl (C=O) groups excluding carboxylic acids is 1. The molecule has 0 aromatic carbocycles. The second kappa shape index (κ2) is 6.53. The minimum absolute atomic E-state index is 0.183. The molecule has 0 radical (unpaired) electrons. The van der Waals surface area contributed by atoms with Crippen molar-refractivity contribution in [2.45, 2.75) is 69.6 Å². The smallest absolute Gasteiger partial charge is 0.220 e. The largest absolute Gasteiger partial charge is 0.379 e. The van der Waals surface area contributed by atoms with Gasteiger partial charge in [-0.1, -0.05) is 6.42 Å². The number of hydrogen-bond acceptors (Lipinski definition) is 3. The van der Waals surface area contributed by atoms with Crippen molar-refractivity contribution in [3.63, 3.8) is 0 Å². The molecular weight excluding hydrogens is 228 g/mol. The maximum absolute atomic E-state index is 12.0. The van der Waals surface area contributed by atoms with Crippen molar-refractivity contribution in [2.75, 3.05) is 7.11 Å². The van der Waals surface area contributed by atoms with Gasteiger partial charge in [0.1, 0.15) is 0 Å². The van der Waals surface area contributed by atoms with Crippen molar-refractivity contribution in [3.05, 3.63) is 0 Å². The average Bonchev–Trinajstić information content (AvgIpc) is 2.76. The van der Waals surface area contributed by atoms with Crippen LogP contribution in [0.15, 0.2) is 0 Å². The van der Waals surface area contributed by atoms with E-state index in [1.807, 2.05) is 0 Å². The molecule has 0 spiro atoms. The molecule has 0 aromatic heterocycles. The van der Waals surface area contributed by atoms with Crippen LogP contribution in [0.2, 0.25) is 0 Å². The number of ether oxygens (including phenoxy) is 1. The lowest BCUT2D eigenvalue weighted by Gasteiger charge is -2.27. The summed E-state index contributed by atoms with van der Waals surface area (Å²) < 4.78 is 5.40. The van der Waals surface area contributed by atoms with E-state index < -0.39 is 0 Å². The van der Waals surface area contributed by atoms with Gasteiger partial charge >= 0.3 is 0 Å². The number of hydrogen-bond donors (Lipinski definition) is 2. The molecule has 2 saturated carbocycles. The molecule has 4 nitrogen and oxygen atoms in total. The summed E-state index contributed by atoms with van der Waals surface area (Å²) in [5, 5.41) is 3.14. The van der Waals surface area contributed by atoms with E-state index in [9.17, 15) is 4.79 Å². The minimum atomic E-state index is 0.183. The highest BCUT2D eigenvalue weighted by Gasteiger charge is 2.29. The fourth-order valence-corrected chi connectivity index (χ4v) is 3.42. The quantitative estimate of drug-likeness (QED) is 0.800. The summed E-state index contributed by atoms with van der Waals surface area (Å²) in [5.41, 5.74) is 5.96. The summed E-state index contributed by atoms with van der Waals surface area (Å²) in [4.78, 5) is 12.0. The van der Waals surface area contributed by atoms with Crippen LogP contribution in [0.1, 0.15) is 51.4 Å². The monoisotopic (exact) mass is 254 g/mol. The van der Waals surface area contributed by atoms with Crippen LogP contribution >= 0.6 is 0 Å². The Kier molecular flexibility index (Phi) is 5.01. The summed E-state index contributed by atoms with van der Waals surface area (Å²) >= 11 is 0. The molecule has 3 N–H and O–H groups in total. The topological polar surface area (TPSA) is 64.3 Å². The molecule has 0 aliphatic heterocycles. The van der Waals surface area contributed by atoms with Gasteiger partial charge in [0.25, 0.3) is 0 Å². The molecule has 1 amide bonds. The lowest BCUT2D eigenvalue weighted by molar-refractivity contribution is -0.123. The Morgan fingerprint density at radius 1 is 1.28 bits per heavy atom. The van der Waals surface area contributed by atoms with E-state index in [4.69, 9.17) is 10.5 Å². The summed E-state index contributed by atoms with van der Waals surface area (Å²) in [6, 6.07) is 0.523. The van der Waals surface area contributed by atoms with Crippen LogP contribution in [-0.4, -0.2) is 31.2 Å². The van der Waals surface area contributed by atoms with Gasteiger partial charge in [-0.15, -0.1) is 0 Å². The van der Waals surface area contributed by atoms with Crippen LogP contribution in [0.5, 0.6) is 0 Å². The third kappa shape index (κ3) is 3.69. The lowest BCUT2D eigenvalue weighted by atomic mass is 9.84. The van der Waals surface area contributed by atoms with E-state index in [1.54, 1.807) is 7.11 Å². The highest BCUT2D eigenvalue weighted by molar-refractivity contribution is 5.76. The van der Waals surface area contributed by atoms with E-state index >= 15 is 0 Å². The molecule has 0 aromatic rings. The van der Waals surface area contributed by atoms with Gasteiger partial charge in [0.2, 0.25) is 5.91 Å². The van der Waals surface area contributed by atoms with E-state index in [1.165, 1.54) is 6.42 Å². The van der Waals surface area contributed by atoms with E-state index in [2.05, 4.69) is 5.32 Å². The molecule has 2 fully saturated rings. The van der Waals surface area contributed by atoms with Crippen molar-refractivity contribution in [1.82, 2.24) is 5.32 Å². The minimum Gasteiger partial charge on any atom is -0.379 e. The van der Waals surface area contributed by atoms with Crippen LogP contribution in [0.25, 0.3) is 0 Å². The Morgan fingerprint density at radius 2 is 2.06 bits per heavy atom. The Hall–Kier alpha value is -0.610. The van der Waals surface area contributed by atoms with Crippen LogP contribution in [0.4, 0.5) is 0 Å². The van der Waals surface area contributed by atoms with Gasteiger partial charge in [-0.2, -0.15) is 0 Å². The molecule has 0 bridgehead atoms. The Balaban J connectivity index is 1.74. The fraction of sp³-hybridized carbons (Fsp3) is 0.929. The van der Waals surface area contributed by atoms with Crippen LogP contribution in [0.3, 0.4) is 0 Å². The summed E-state index contributed by atoms with van der Waals surface area (Å²) in [6.45, 7) is 0. The van der Waals surface area contributed by atoms with Crippen LogP contribution < -0.4 is 11.1 Å². The highest BCUT2D eigenvalue weighted by atomic mass is 16.5. The van der Waals surface area contributed by atoms with Gasteiger partial charge in [0, 0.05) is 19.6 Å². The fourth-order valence-electron chi connectivity index (χ4n) is 3.42. The zero-order chi connectivity index (χ0) is 13.0. The van der Waals surface area contributed by atoms with Crippen molar-refractivity contribution >= 4 is 5.91 Å². The normalized spacial score (nSPS) is 36.6. The lowest BCUT2D eigenvalue weighted by Crippen LogP contribution is -2.42. The van der Waals surface area contributed by atoms with Crippen molar-refractivity contribution in [1.29, 1.82) is 0 Å². The molecule has 0 saturated heterocycles. The molecule has 2 aliphatic rings. The number of amides is 1. The molecule has 4 heteroatoms. The number of nitrogens with two attached hydrogens (primary N) is 1. The maximum Gasteiger partial charge on any atom is 0.220 e. The van der Waals surface area contributed by atoms with E-state index in [0.29, 0.717) is 18.4 Å². The predicted octanol–water partition coefficient (Wildman–Crippen LogP) is 1.58. The summed E-state index contributed by atoms with van der Waals surface area (Å²) in [5.74, 6) is 0.666. The third-order valence-electron chi connectivity index (χ3n) is 4.40. The Labute approximate surface area is 110 Å². The molecular formula is C14H26N2O2. The highest BCUT2D eigenvalue weighted by Crippen LogP contribution is 2.26. The Bertz CT molecular complexity index is 283. The average molecular weight is 254 g/mol. The molecule has 104 valence electrons. The summed E-state index contributed by atoms with van der Waals surface area (Å²) in [6.07, 6.45) is 8.56. The van der Waals surface area contributed by atoms with Gasteiger partial charge < -0.3 is 15.8 Å². The second-order valence-electron chi connectivity index (χ2n) is 5.88. The zero-order valence-electron chi connectivity index (χ0n) is 11.4. The van der Waals surface area contributed by atoms with Crippen molar-refractivity contribution in [3.8, 4) is 0 Å². The number of nitrogens with one attached hydrogen (secondary N) is 1. The second-order valence-corrected chi connectivity index (χ2v) is 5.88. The third-order valence-corrected chi connectivity index (χ3v) is 4.40. The molecule has 4 atom stereocenters. The van der Waals surface area contributed by atoms with E-state index in [0.717, 1.165) is 38.5 Å². The van der Waals surface area contributed by atoms with Crippen molar-refractivity contribution in [2.24, 2.45) is 11.7 Å². The van der Waals surface area contributed by atoms with Gasteiger partial charge in [-0.3, -0.25) is 4.79 Å². The first kappa shape index (κ1) is 13.8. The SMILES string of the molecule is COC1CCCC1NC(=O)CC1CCCC(N)C1. The standard InChI is InChI=1S/C14H26N2O2/c1-18-13-7-3-6-12(13)16-14(17)9-10-4-2-5-11(15)8-10/h10-13H,2-9,15H2,1H3,(H,16,17). The number of carbonyl (C=O) groups is 1. The van der Waals surface area contributed by atoms with Gasteiger partial charge in [-0.05, 0) is 44.4 Å². The van der Waals surface area contributed by atoms with Gasteiger partial charge in [0.15, 0.2) is 0 Å². The molecule has 4 unspecified atom stereocenters. The number of methoxy groups -OCH3 is 1. The van der Waals surface area contributed by atoms with Gasteiger partial charge in [0.05, 0.1) is 12.1 Å².